The van der Waals surface area contributed by atoms with Gasteiger partial charge in [-0.25, -0.2) is 13.1 Å². The summed E-state index contributed by atoms with van der Waals surface area (Å²) in [5.41, 5.74) is 2.54. The summed E-state index contributed by atoms with van der Waals surface area (Å²) in [6, 6.07) is 23.1. The van der Waals surface area contributed by atoms with Gasteiger partial charge in [0.2, 0.25) is 15.9 Å². The van der Waals surface area contributed by atoms with Crippen LogP contribution in [0.3, 0.4) is 0 Å². The summed E-state index contributed by atoms with van der Waals surface area (Å²) in [6.07, 6.45) is 0.835. The highest BCUT2D eigenvalue weighted by atomic mass is 79.9. The first kappa shape index (κ1) is 22.2. The average molecular weight is 487 g/mol. The maximum absolute atomic E-state index is 12.6. The van der Waals surface area contributed by atoms with Crippen LogP contribution in [0.1, 0.15) is 30.5 Å². The molecular formula is C23H23BrN2O3S. The number of benzene rings is 3. The summed E-state index contributed by atoms with van der Waals surface area (Å²) in [7, 11) is -3.63. The number of nitrogens with one attached hydrogen (secondary N) is 2. The van der Waals surface area contributed by atoms with Crippen LogP contribution in [0.5, 0.6) is 0 Å². The van der Waals surface area contributed by atoms with Gasteiger partial charge in [-0.2, -0.15) is 0 Å². The minimum absolute atomic E-state index is 0.0904. The first-order valence-electron chi connectivity index (χ1n) is 9.55. The summed E-state index contributed by atoms with van der Waals surface area (Å²) in [6.45, 7) is 1.81. The molecule has 156 valence electrons. The summed E-state index contributed by atoms with van der Waals surface area (Å²) in [5, 5.41) is 2.85. The van der Waals surface area contributed by atoms with Gasteiger partial charge in [-0.05, 0) is 60.9 Å². The van der Waals surface area contributed by atoms with Crippen molar-refractivity contribution in [3.05, 3.63) is 94.5 Å². The van der Waals surface area contributed by atoms with Crippen molar-refractivity contribution in [1.82, 2.24) is 4.72 Å². The molecule has 3 aromatic carbocycles. The molecule has 3 aromatic rings. The zero-order valence-corrected chi connectivity index (χ0v) is 18.9. The Bertz CT molecular complexity index is 1080. The van der Waals surface area contributed by atoms with Crippen LogP contribution >= 0.6 is 15.9 Å². The number of hydrogen-bond acceptors (Lipinski definition) is 3. The van der Waals surface area contributed by atoms with Crippen LogP contribution in [0, 0.1) is 0 Å². The van der Waals surface area contributed by atoms with Gasteiger partial charge in [0.05, 0.1) is 4.90 Å². The van der Waals surface area contributed by atoms with Crippen LogP contribution in [-0.4, -0.2) is 14.3 Å². The molecule has 0 aromatic heterocycles. The molecule has 30 heavy (non-hydrogen) atoms. The third-order valence-corrected chi connectivity index (χ3v) is 6.72. The first-order chi connectivity index (χ1) is 14.3. The van der Waals surface area contributed by atoms with Gasteiger partial charge >= 0.3 is 0 Å². The molecule has 0 heterocycles. The molecule has 0 aliphatic rings. The molecule has 0 unspecified atom stereocenters. The Labute approximate surface area is 185 Å². The van der Waals surface area contributed by atoms with Crippen molar-refractivity contribution in [1.29, 1.82) is 0 Å². The highest BCUT2D eigenvalue weighted by Gasteiger charge is 2.18. The van der Waals surface area contributed by atoms with E-state index in [0.717, 1.165) is 21.3 Å². The van der Waals surface area contributed by atoms with E-state index >= 15 is 0 Å². The lowest BCUT2D eigenvalue weighted by Crippen LogP contribution is -2.26. The van der Waals surface area contributed by atoms with Gasteiger partial charge in [0.25, 0.3) is 0 Å². The smallest absolute Gasteiger partial charge is 0.241 e. The van der Waals surface area contributed by atoms with Crippen LogP contribution in [-0.2, 0) is 21.2 Å². The fourth-order valence-electron chi connectivity index (χ4n) is 2.96. The van der Waals surface area contributed by atoms with Gasteiger partial charge in [0.1, 0.15) is 0 Å². The lowest BCUT2D eigenvalue weighted by molar-refractivity contribution is -0.116. The average Bonchev–Trinajstić information content (AvgIpc) is 2.74. The van der Waals surface area contributed by atoms with Gasteiger partial charge in [-0.3, -0.25) is 4.79 Å². The predicted octanol–water partition coefficient (Wildman–Crippen LogP) is 5.06. The molecule has 0 saturated heterocycles. The number of halogens is 1. The number of amides is 1. The fraction of sp³-hybridized carbons (Fsp3) is 0.174. The van der Waals surface area contributed by atoms with Gasteiger partial charge < -0.3 is 5.32 Å². The Morgan fingerprint density at radius 1 is 0.933 bits per heavy atom. The lowest BCUT2D eigenvalue weighted by Gasteiger charge is -2.15. The van der Waals surface area contributed by atoms with E-state index in [4.69, 9.17) is 0 Å². The Balaban J connectivity index is 1.56. The van der Waals surface area contributed by atoms with Crippen LogP contribution in [0.25, 0.3) is 0 Å². The summed E-state index contributed by atoms with van der Waals surface area (Å²) in [4.78, 5) is 12.3. The van der Waals surface area contributed by atoms with Gasteiger partial charge in [0, 0.05) is 22.6 Å². The van der Waals surface area contributed by atoms with Crippen LogP contribution in [0.4, 0.5) is 5.69 Å². The SMILES string of the molecule is C[C@H](NS(=O)(=O)c1ccc(CCC(=O)Nc2ccc(Br)cc2)cc1)c1ccccc1. The normalized spacial score (nSPS) is 12.3. The largest absolute Gasteiger partial charge is 0.326 e. The molecule has 1 amide bonds. The standard InChI is InChI=1S/C23H23BrN2O3S/c1-17(19-5-3-2-4-6-19)26-30(28,29)22-14-7-18(8-15-22)9-16-23(27)25-21-12-10-20(24)11-13-21/h2-8,10-15,17,26H,9,16H2,1H3,(H,25,27)/t17-/m0/s1. The van der Waals surface area contributed by atoms with Crippen molar-refractivity contribution in [2.24, 2.45) is 0 Å². The fourth-order valence-corrected chi connectivity index (χ4v) is 4.46. The molecule has 5 nitrogen and oxygen atoms in total. The maximum Gasteiger partial charge on any atom is 0.241 e. The van der Waals surface area contributed by atoms with E-state index in [9.17, 15) is 13.2 Å². The topological polar surface area (TPSA) is 75.3 Å². The first-order valence-corrected chi connectivity index (χ1v) is 11.8. The number of carbonyl (C=O) groups is 1. The van der Waals surface area contributed by atoms with E-state index < -0.39 is 10.0 Å². The summed E-state index contributed by atoms with van der Waals surface area (Å²) < 4.78 is 28.9. The quantitative estimate of drug-likeness (QED) is 0.467. The molecule has 2 N–H and O–H groups in total. The van der Waals surface area contributed by atoms with Crippen LogP contribution in [0.2, 0.25) is 0 Å². The lowest BCUT2D eigenvalue weighted by atomic mass is 10.1. The molecule has 7 heteroatoms. The Morgan fingerprint density at radius 3 is 2.20 bits per heavy atom. The molecule has 0 fully saturated rings. The van der Waals surface area contributed by atoms with Gasteiger partial charge in [-0.1, -0.05) is 58.4 Å². The minimum Gasteiger partial charge on any atom is -0.326 e. The second kappa shape index (κ2) is 10.0. The monoisotopic (exact) mass is 486 g/mol. The third-order valence-electron chi connectivity index (χ3n) is 4.63. The maximum atomic E-state index is 12.6. The van der Waals surface area contributed by atoms with Crippen molar-refractivity contribution < 1.29 is 13.2 Å². The van der Waals surface area contributed by atoms with E-state index in [0.29, 0.717) is 12.8 Å². The molecule has 1 atom stereocenters. The van der Waals surface area contributed by atoms with Crippen molar-refractivity contribution in [2.45, 2.75) is 30.7 Å². The summed E-state index contributed by atoms with van der Waals surface area (Å²) >= 11 is 3.36. The number of sulfonamides is 1. The molecule has 3 rings (SSSR count). The highest BCUT2D eigenvalue weighted by molar-refractivity contribution is 9.10. The van der Waals surface area contributed by atoms with E-state index in [2.05, 4.69) is 26.0 Å². The molecule has 0 radical (unpaired) electrons. The van der Waals surface area contributed by atoms with E-state index in [1.807, 2.05) is 61.5 Å². The second-order valence-electron chi connectivity index (χ2n) is 6.95. The van der Waals surface area contributed by atoms with Crippen LogP contribution in [0.15, 0.2) is 88.2 Å². The number of anilines is 1. The zero-order valence-electron chi connectivity index (χ0n) is 16.5. The van der Waals surface area contributed by atoms with E-state index in [1.165, 1.54) is 0 Å². The van der Waals surface area contributed by atoms with Crippen molar-refractivity contribution in [3.63, 3.8) is 0 Å². The highest BCUT2D eigenvalue weighted by Crippen LogP contribution is 2.18. The number of aryl methyl sites for hydroxylation is 1. The van der Waals surface area contributed by atoms with Crippen molar-refractivity contribution in [3.8, 4) is 0 Å². The molecule has 0 saturated carbocycles. The molecule has 0 aliphatic heterocycles. The van der Waals surface area contributed by atoms with Gasteiger partial charge in [-0.15, -0.1) is 0 Å². The number of hydrogen-bond donors (Lipinski definition) is 2. The predicted molar refractivity (Wildman–Crippen MR) is 123 cm³/mol. The zero-order chi connectivity index (χ0) is 21.6. The summed E-state index contributed by atoms with van der Waals surface area (Å²) in [5.74, 6) is -0.0904. The molecule has 0 bridgehead atoms. The third kappa shape index (κ3) is 6.26. The van der Waals surface area contributed by atoms with Gasteiger partial charge in [0.15, 0.2) is 0 Å². The molecular weight excluding hydrogens is 464 g/mol. The van der Waals surface area contributed by atoms with E-state index in [-0.39, 0.29) is 16.8 Å². The molecule has 0 aliphatic carbocycles. The minimum atomic E-state index is -3.63. The molecule has 0 spiro atoms. The number of rotatable bonds is 8. The Morgan fingerprint density at radius 2 is 1.57 bits per heavy atom. The van der Waals surface area contributed by atoms with Crippen molar-refractivity contribution >= 4 is 37.5 Å². The van der Waals surface area contributed by atoms with Crippen LogP contribution < -0.4 is 10.0 Å². The van der Waals surface area contributed by atoms with E-state index in [1.54, 1.807) is 24.3 Å². The Hall–Kier alpha value is -2.48. The second-order valence-corrected chi connectivity index (χ2v) is 9.58. The van der Waals surface area contributed by atoms with Crippen molar-refractivity contribution in [2.75, 3.05) is 5.32 Å². The number of carbonyl (C=O) groups excluding carboxylic acids is 1. The Kier molecular flexibility index (Phi) is 7.42.